The van der Waals surface area contributed by atoms with Gasteiger partial charge in [-0.3, -0.25) is 14.8 Å². The summed E-state index contributed by atoms with van der Waals surface area (Å²) in [5.74, 6) is -0.224. The van der Waals surface area contributed by atoms with E-state index in [2.05, 4.69) is 36.7 Å². The monoisotopic (exact) mass is 483 g/mol. The number of nitriles is 1. The molecule has 12 nitrogen and oxygen atoms in total. The zero-order valence-corrected chi connectivity index (χ0v) is 19.3. The maximum absolute atomic E-state index is 13.4. The summed E-state index contributed by atoms with van der Waals surface area (Å²) in [6.45, 7) is 0.133. The molecule has 0 spiro atoms. The van der Waals surface area contributed by atoms with Gasteiger partial charge in [0.2, 0.25) is 0 Å². The van der Waals surface area contributed by atoms with Crippen molar-refractivity contribution in [1.82, 2.24) is 5.32 Å². The number of rotatable bonds is 9. The summed E-state index contributed by atoms with van der Waals surface area (Å²) < 4.78 is 0. The van der Waals surface area contributed by atoms with Crippen LogP contribution in [0.2, 0.25) is 0 Å². The first-order chi connectivity index (χ1) is 17.5. The molecule has 182 valence electrons. The van der Waals surface area contributed by atoms with Crippen molar-refractivity contribution in [1.29, 1.82) is 5.26 Å². The maximum atomic E-state index is 13.4. The molecule has 0 saturated carbocycles. The Kier molecular flexibility index (Phi) is 8.77. The number of para-hydroxylation sites is 1. The second-order valence-corrected chi connectivity index (χ2v) is 7.57. The number of carbonyl (C=O) groups is 1. The lowest BCUT2D eigenvalue weighted by atomic mass is 9.95. The van der Waals surface area contributed by atoms with E-state index in [0.29, 0.717) is 22.4 Å². The highest BCUT2D eigenvalue weighted by Crippen LogP contribution is 2.30. The molecule has 36 heavy (non-hydrogen) atoms. The molecule has 1 aliphatic rings. The Morgan fingerprint density at radius 3 is 2.67 bits per heavy atom. The van der Waals surface area contributed by atoms with Crippen molar-refractivity contribution < 1.29 is 4.79 Å². The largest absolute Gasteiger partial charge is 0.400 e. The molecule has 0 fully saturated rings. The minimum absolute atomic E-state index is 0.0135. The molecule has 0 aromatic heterocycles. The molecule has 0 bridgehead atoms. The summed E-state index contributed by atoms with van der Waals surface area (Å²) in [5.41, 5.74) is 29.7. The highest BCUT2D eigenvalue weighted by molar-refractivity contribution is 6.24. The molecule has 0 aliphatic carbocycles. The number of carbonyl (C=O) groups excluding carboxylic acids is 1. The number of aliphatic imine (C=N–C) groups is 2. The van der Waals surface area contributed by atoms with E-state index in [1.165, 1.54) is 6.21 Å². The van der Waals surface area contributed by atoms with Crippen LogP contribution in [-0.4, -0.2) is 37.2 Å². The zero-order valence-electron chi connectivity index (χ0n) is 19.3. The number of amides is 1. The van der Waals surface area contributed by atoms with Gasteiger partial charge in [0.15, 0.2) is 0 Å². The van der Waals surface area contributed by atoms with Crippen LogP contribution in [0.1, 0.15) is 16.7 Å². The summed E-state index contributed by atoms with van der Waals surface area (Å²) in [4.78, 5) is 24.5. The second kappa shape index (κ2) is 12.4. The molecular weight excluding hydrogens is 458 g/mol. The fourth-order valence-electron chi connectivity index (χ4n) is 3.38. The van der Waals surface area contributed by atoms with Crippen LogP contribution in [0.3, 0.4) is 0 Å². The van der Waals surface area contributed by atoms with Gasteiger partial charge in [-0.15, -0.1) is 0 Å². The smallest absolute Gasteiger partial charge is 0.256 e. The molecule has 1 heterocycles. The lowest BCUT2D eigenvalue weighted by Gasteiger charge is -2.26. The van der Waals surface area contributed by atoms with Gasteiger partial charge in [0.05, 0.1) is 37.1 Å². The number of anilines is 1. The van der Waals surface area contributed by atoms with Crippen LogP contribution in [0.4, 0.5) is 5.69 Å². The van der Waals surface area contributed by atoms with E-state index >= 15 is 0 Å². The molecule has 12 heteroatoms. The van der Waals surface area contributed by atoms with Gasteiger partial charge < -0.3 is 27.8 Å². The number of nitrogens with zero attached hydrogens (tertiary/aromatic N) is 6. The van der Waals surface area contributed by atoms with Crippen LogP contribution in [0, 0.1) is 11.3 Å². The Morgan fingerprint density at radius 1 is 1.22 bits per heavy atom. The van der Waals surface area contributed by atoms with Crippen molar-refractivity contribution in [2.24, 2.45) is 32.3 Å². The van der Waals surface area contributed by atoms with Crippen LogP contribution in [0.25, 0.3) is 16.0 Å². The molecule has 2 aromatic rings. The highest BCUT2D eigenvalue weighted by Gasteiger charge is 2.25. The number of hydrogen-bond donors (Lipinski definition) is 5. The van der Waals surface area contributed by atoms with Crippen LogP contribution in [-0.2, 0) is 11.3 Å². The highest BCUT2D eigenvalue weighted by atomic mass is 16.1. The van der Waals surface area contributed by atoms with E-state index < -0.39 is 11.9 Å². The minimum atomic E-state index is -0.540. The summed E-state index contributed by atoms with van der Waals surface area (Å²) in [7, 11) is 0. The first-order valence-electron chi connectivity index (χ1n) is 10.8. The van der Waals surface area contributed by atoms with Crippen LogP contribution in [0.15, 0.2) is 81.1 Å². The number of azide groups is 1. The minimum Gasteiger partial charge on any atom is -0.400 e. The van der Waals surface area contributed by atoms with Gasteiger partial charge in [-0.05, 0) is 35.4 Å². The van der Waals surface area contributed by atoms with E-state index in [9.17, 15) is 4.79 Å². The molecular formula is C24H25N11O. The molecule has 0 radical (unpaired) electrons. The van der Waals surface area contributed by atoms with Crippen molar-refractivity contribution in [2.75, 3.05) is 18.5 Å². The van der Waals surface area contributed by atoms with Crippen molar-refractivity contribution in [3.05, 3.63) is 93.1 Å². The van der Waals surface area contributed by atoms with E-state index in [1.54, 1.807) is 36.4 Å². The Morgan fingerprint density at radius 2 is 1.97 bits per heavy atom. The van der Waals surface area contributed by atoms with Crippen LogP contribution < -0.4 is 27.8 Å². The van der Waals surface area contributed by atoms with Crippen molar-refractivity contribution >= 4 is 29.2 Å². The molecule has 1 unspecified atom stereocenters. The predicted molar refractivity (Wildman–Crippen MR) is 139 cm³/mol. The molecule has 1 aliphatic heterocycles. The zero-order chi connectivity index (χ0) is 25.9. The number of amidine groups is 1. The Hall–Kier alpha value is -5.11. The Balaban J connectivity index is 1.89. The summed E-state index contributed by atoms with van der Waals surface area (Å²) in [6, 6.07) is 15.7. The van der Waals surface area contributed by atoms with Crippen molar-refractivity contribution in [2.45, 2.75) is 12.6 Å². The average Bonchev–Trinajstić information content (AvgIpc) is 2.90. The third kappa shape index (κ3) is 6.48. The van der Waals surface area contributed by atoms with Gasteiger partial charge in [0.25, 0.3) is 5.91 Å². The topological polar surface area (TPSA) is 216 Å². The first-order valence-corrected chi connectivity index (χ1v) is 10.8. The van der Waals surface area contributed by atoms with Crippen molar-refractivity contribution in [3.63, 3.8) is 0 Å². The van der Waals surface area contributed by atoms with E-state index in [-0.39, 0.29) is 37.0 Å². The van der Waals surface area contributed by atoms with Gasteiger partial charge in [-0.2, -0.15) is 5.26 Å². The average molecular weight is 484 g/mol. The molecule has 1 atom stereocenters. The number of nitrogens with one attached hydrogen (secondary N) is 2. The number of fused-ring (bicyclic) bond motifs is 1. The van der Waals surface area contributed by atoms with Gasteiger partial charge >= 0.3 is 0 Å². The van der Waals surface area contributed by atoms with E-state index in [0.717, 1.165) is 5.56 Å². The van der Waals surface area contributed by atoms with Gasteiger partial charge in [0, 0.05) is 33.6 Å². The van der Waals surface area contributed by atoms with Gasteiger partial charge in [0.1, 0.15) is 11.9 Å². The molecule has 0 saturated heterocycles. The quantitative estimate of drug-likeness (QED) is 0.118. The fourth-order valence-corrected chi connectivity index (χ4v) is 3.38. The SMILES string of the molecule is N#Cc1ccc(CN=CC(NC(=O)C2=CC(C(N)=NCN)Nc3ccccc32)=C(N)CN=[N+]=[N-])cc1. The number of hydrogen-bond acceptors (Lipinski definition) is 8. The molecule has 3 rings (SSSR count). The standard InChI is InChI=1S/C24H25N11O/c25-10-15-5-7-16(8-6-15)11-30-13-22(19(27)12-32-35-29)34-24(36)18-9-21(23(28)31-14-26)33-20-4-2-1-3-17(18)20/h1-9,13,21,33H,11-12,14,26-27H2,(H2,28,31)(H,34,36). The summed E-state index contributed by atoms with van der Waals surface area (Å²) in [6.07, 6.45) is 3.06. The third-order valence-corrected chi connectivity index (χ3v) is 5.17. The Bertz CT molecular complexity index is 1330. The van der Waals surface area contributed by atoms with Gasteiger partial charge in [-0.1, -0.05) is 35.4 Å². The molecule has 1 amide bonds. The summed E-state index contributed by atoms with van der Waals surface area (Å²) >= 11 is 0. The lowest BCUT2D eigenvalue weighted by Crippen LogP contribution is -2.38. The fraction of sp³-hybridized carbons (Fsp3) is 0.167. The number of allylic oxidation sites excluding steroid dienone is 1. The summed E-state index contributed by atoms with van der Waals surface area (Å²) in [5, 5.41) is 18.4. The van der Waals surface area contributed by atoms with E-state index in [1.807, 2.05) is 18.2 Å². The second-order valence-electron chi connectivity index (χ2n) is 7.57. The lowest BCUT2D eigenvalue weighted by molar-refractivity contribution is -0.114. The Labute approximate surface area is 207 Å². The number of benzene rings is 2. The van der Waals surface area contributed by atoms with Crippen LogP contribution in [0.5, 0.6) is 0 Å². The first kappa shape index (κ1) is 25.5. The predicted octanol–water partition coefficient (Wildman–Crippen LogP) is 1.88. The normalized spacial score (nSPS) is 15.5. The van der Waals surface area contributed by atoms with Crippen LogP contribution >= 0.6 is 0 Å². The molecule has 8 N–H and O–H groups in total. The van der Waals surface area contributed by atoms with Gasteiger partial charge in [-0.25, -0.2) is 0 Å². The maximum Gasteiger partial charge on any atom is 0.256 e. The molecule has 2 aromatic carbocycles. The van der Waals surface area contributed by atoms with E-state index in [4.69, 9.17) is 28.0 Å². The number of nitrogens with two attached hydrogens (primary N) is 3. The third-order valence-electron chi connectivity index (χ3n) is 5.17. The van der Waals surface area contributed by atoms with Crippen molar-refractivity contribution in [3.8, 4) is 6.07 Å².